The van der Waals surface area contributed by atoms with Gasteiger partial charge < -0.3 is 10.2 Å². The lowest BCUT2D eigenvalue weighted by molar-refractivity contribution is -0.132. The Labute approximate surface area is 150 Å². The number of hydrogen-bond donors (Lipinski definition) is 1. The number of hydrogen-bond acceptors (Lipinski definition) is 2. The summed E-state index contributed by atoms with van der Waals surface area (Å²) in [6, 6.07) is 12.8. The largest absolute Gasteiger partial charge is 0.351 e. The van der Waals surface area contributed by atoms with Gasteiger partial charge in [-0.3, -0.25) is 9.59 Å². The number of carbonyl (C=O) groups excluding carboxylic acids is 2. The Kier molecular flexibility index (Phi) is 5.61. The van der Waals surface area contributed by atoms with Crippen molar-refractivity contribution in [3.05, 3.63) is 71.3 Å². The molecule has 6 heteroatoms. The molecule has 0 saturated heterocycles. The lowest BCUT2D eigenvalue weighted by Crippen LogP contribution is -2.35. The van der Waals surface area contributed by atoms with Crippen LogP contribution in [0.3, 0.4) is 0 Å². The molecule has 0 aliphatic heterocycles. The van der Waals surface area contributed by atoms with Crippen LogP contribution in [0.4, 0.5) is 8.78 Å². The molecule has 1 aliphatic rings. The van der Waals surface area contributed by atoms with Gasteiger partial charge in [-0.1, -0.05) is 30.3 Å². The topological polar surface area (TPSA) is 49.4 Å². The van der Waals surface area contributed by atoms with Gasteiger partial charge in [0.2, 0.25) is 5.91 Å². The zero-order valence-electron chi connectivity index (χ0n) is 14.3. The highest BCUT2D eigenvalue weighted by Gasteiger charge is 2.32. The Morgan fingerprint density at radius 1 is 1.08 bits per heavy atom. The van der Waals surface area contributed by atoms with Crippen molar-refractivity contribution < 1.29 is 18.4 Å². The molecule has 2 amide bonds. The number of nitrogens with zero attached hydrogens (tertiary/aromatic N) is 1. The van der Waals surface area contributed by atoms with Crippen molar-refractivity contribution in [1.29, 1.82) is 0 Å². The van der Waals surface area contributed by atoms with E-state index in [0.717, 1.165) is 30.5 Å². The van der Waals surface area contributed by atoms with Crippen molar-refractivity contribution in [1.82, 2.24) is 10.2 Å². The summed E-state index contributed by atoms with van der Waals surface area (Å²) in [5, 5.41) is 2.52. The minimum absolute atomic E-state index is 0.0452. The van der Waals surface area contributed by atoms with Crippen molar-refractivity contribution in [2.45, 2.75) is 31.8 Å². The highest BCUT2D eigenvalue weighted by molar-refractivity contribution is 5.94. The number of rotatable bonds is 7. The summed E-state index contributed by atoms with van der Waals surface area (Å²) in [7, 11) is 0. The van der Waals surface area contributed by atoms with Crippen LogP contribution < -0.4 is 5.32 Å². The predicted molar refractivity (Wildman–Crippen MR) is 93.3 cm³/mol. The lowest BCUT2D eigenvalue weighted by atomic mass is 10.2. The van der Waals surface area contributed by atoms with Crippen molar-refractivity contribution in [3.63, 3.8) is 0 Å². The van der Waals surface area contributed by atoms with E-state index in [2.05, 4.69) is 5.32 Å². The fourth-order valence-electron chi connectivity index (χ4n) is 2.78. The normalized spacial score (nSPS) is 13.3. The molecular formula is C20H20F2N2O2. The summed E-state index contributed by atoms with van der Waals surface area (Å²) in [6.45, 7) is 0.650. The van der Waals surface area contributed by atoms with Gasteiger partial charge in [0, 0.05) is 31.6 Å². The maximum absolute atomic E-state index is 13.6. The van der Waals surface area contributed by atoms with Gasteiger partial charge in [0.05, 0.1) is 5.56 Å². The van der Waals surface area contributed by atoms with Crippen molar-refractivity contribution in [3.8, 4) is 0 Å². The molecule has 0 unspecified atom stereocenters. The van der Waals surface area contributed by atoms with Crippen LogP contribution in [0.2, 0.25) is 0 Å². The third-order valence-electron chi connectivity index (χ3n) is 4.30. The number of nitrogens with one attached hydrogen (secondary N) is 1. The van der Waals surface area contributed by atoms with Crippen LogP contribution >= 0.6 is 0 Å². The van der Waals surface area contributed by atoms with E-state index < -0.39 is 17.5 Å². The van der Waals surface area contributed by atoms with Crippen LogP contribution in [0, 0.1) is 11.6 Å². The molecule has 1 fully saturated rings. The summed E-state index contributed by atoms with van der Waals surface area (Å²) in [4.78, 5) is 26.3. The van der Waals surface area contributed by atoms with E-state index in [1.165, 1.54) is 0 Å². The Bertz CT molecular complexity index is 792. The van der Waals surface area contributed by atoms with Gasteiger partial charge in [0.1, 0.15) is 11.6 Å². The van der Waals surface area contributed by atoms with Gasteiger partial charge >= 0.3 is 0 Å². The first-order valence-electron chi connectivity index (χ1n) is 8.61. The summed E-state index contributed by atoms with van der Waals surface area (Å²) in [6.07, 6.45) is 2.12. The van der Waals surface area contributed by atoms with E-state index in [4.69, 9.17) is 0 Å². The molecule has 0 aromatic heterocycles. The second-order valence-corrected chi connectivity index (χ2v) is 6.37. The molecule has 0 atom stereocenters. The van der Waals surface area contributed by atoms with Gasteiger partial charge in [0.15, 0.2) is 0 Å². The second kappa shape index (κ2) is 8.08. The fraction of sp³-hybridized carbons (Fsp3) is 0.300. The van der Waals surface area contributed by atoms with Crippen LogP contribution in [-0.4, -0.2) is 29.3 Å². The fourth-order valence-corrected chi connectivity index (χ4v) is 2.78. The first-order valence-corrected chi connectivity index (χ1v) is 8.61. The average molecular weight is 358 g/mol. The zero-order valence-corrected chi connectivity index (χ0v) is 14.3. The standard InChI is InChI=1S/C20H20F2N2O2/c21-15-6-9-17(18(22)12-15)20(26)23-11-10-19(25)24(16-7-8-16)13-14-4-2-1-3-5-14/h1-6,9,12,16H,7-8,10-11,13H2,(H,23,26). The molecule has 1 N–H and O–H groups in total. The summed E-state index contributed by atoms with van der Waals surface area (Å²) >= 11 is 0. The Hall–Kier alpha value is -2.76. The van der Waals surface area contributed by atoms with E-state index >= 15 is 0 Å². The van der Waals surface area contributed by atoms with E-state index in [0.29, 0.717) is 12.6 Å². The van der Waals surface area contributed by atoms with Crippen LogP contribution in [0.25, 0.3) is 0 Å². The third kappa shape index (κ3) is 4.65. The number of benzene rings is 2. The molecular weight excluding hydrogens is 338 g/mol. The van der Waals surface area contributed by atoms with E-state index in [-0.39, 0.29) is 30.5 Å². The van der Waals surface area contributed by atoms with Gasteiger partial charge in [-0.15, -0.1) is 0 Å². The SMILES string of the molecule is O=C(NCCC(=O)N(Cc1ccccc1)C1CC1)c1ccc(F)cc1F. The van der Waals surface area contributed by atoms with Crippen LogP contribution in [0.5, 0.6) is 0 Å². The van der Waals surface area contributed by atoms with E-state index in [9.17, 15) is 18.4 Å². The highest BCUT2D eigenvalue weighted by atomic mass is 19.1. The molecule has 2 aromatic carbocycles. The number of halogens is 2. The molecule has 1 aliphatic carbocycles. The van der Waals surface area contributed by atoms with Gasteiger partial charge in [-0.05, 0) is 30.5 Å². The maximum atomic E-state index is 13.6. The predicted octanol–water partition coefficient (Wildman–Crippen LogP) is 3.28. The molecule has 0 radical (unpaired) electrons. The quantitative estimate of drug-likeness (QED) is 0.826. The number of carbonyl (C=O) groups is 2. The highest BCUT2D eigenvalue weighted by Crippen LogP contribution is 2.28. The summed E-state index contributed by atoms with van der Waals surface area (Å²) < 4.78 is 26.5. The first-order chi connectivity index (χ1) is 12.5. The Morgan fingerprint density at radius 2 is 1.81 bits per heavy atom. The van der Waals surface area contributed by atoms with Crippen LogP contribution in [-0.2, 0) is 11.3 Å². The van der Waals surface area contributed by atoms with E-state index in [1.807, 2.05) is 35.2 Å². The van der Waals surface area contributed by atoms with Crippen LogP contribution in [0.1, 0.15) is 35.2 Å². The molecule has 3 rings (SSSR count). The first kappa shape index (κ1) is 18.0. The van der Waals surface area contributed by atoms with Gasteiger partial charge in [-0.2, -0.15) is 0 Å². The Balaban J connectivity index is 1.53. The van der Waals surface area contributed by atoms with Crippen molar-refractivity contribution >= 4 is 11.8 Å². The van der Waals surface area contributed by atoms with Gasteiger partial charge in [-0.25, -0.2) is 8.78 Å². The summed E-state index contributed by atoms with van der Waals surface area (Å²) in [5.41, 5.74) is 0.826. The lowest BCUT2D eigenvalue weighted by Gasteiger charge is -2.22. The molecule has 136 valence electrons. The molecule has 1 saturated carbocycles. The molecule has 4 nitrogen and oxygen atoms in total. The van der Waals surface area contributed by atoms with Crippen molar-refractivity contribution in [2.24, 2.45) is 0 Å². The van der Waals surface area contributed by atoms with Gasteiger partial charge in [0.25, 0.3) is 5.91 Å². The summed E-state index contributed by atoms with van der Waals surface area (Å²) in [5.74, 6) is -2.36. The molecule has 0 bridgehead atoms. The monoisotopic (exact) mass is 358 g/mol. The van der Waals surface area contributed by atoms with Crippen molar-refractivity contribution in [2.75, 3.05) is 6.54 Å². The van der Waals surface area contributed by atoms with E-state index in [1.54, 1.807) is 0 Å². The Morgan fingerprint density at radius 3 is 2.46 bits per heavy atom. The minimum Gasteiger partial charge on any atom is -0.351 e. The van der Waals surface area contributed by atoms with Crippen LogP contribution in [0.15, 0.2) is 48.5 Å². The number of amides is 2. The minimum atomic E-state index is -0.919. The second-order valence-electron chi connectivity index (χ2n) is 6.37. The average Bonchev–Trinajstić information content (AvgIpc) is 3.45. The third-order valence-corrected chi connectivity index (χ3v) is 4.30. The molecule has 26 heavy (non-hydrogen) atoms. The maximum Gasteiger partial charge on any atom is 0.254 e. The molecule has 0 heterocycles. The zero-order chi connectivity index (χ0) is 18.5. The smallest absolute Gasteiger partial charge is 0.254 e. The molecule has 2 aromatic rings. The molecule has 0 spiro atoms.